The summed E-state index contributed by atoms with van der Waals surface area (Å²) in [6.07, 6.45) is 5.39. The van der Waals surface area contributed by atoms with E-state index in [-0.39, 0.29) is 41.4 Å². The van der Waals surface area contributed by atoms with Crippen LogP contribution in [0.4, 0.5) is 4.39 Å². The number of rotatable bonds is 9. The van der Waals surface area contributed by atoms with Gasteiger partial charge in [-0.05, 0) is 43.0 Å². The summed E-state index contributed by atoms with van der Waals surface area (Å²) >= 11 is 6.27. The van der Waals surface area contributed by atoms with Gasteiger partial charge in [0.25, 0.3) is 0 Å². The van der Waals surface area contributed by atoms with Crippen molar-refractivity contribution in [3.63, 3.8) is 0 Å². The predicted molar refractivity (Wildman–Crippen MR) is 146 cm³/mol. The average Bonchev–Trinajstić information content (AvgIpc) is 2.89. The van der Waals surface area contributed by atoms with Crippen molar-refractivity contribution < 1.29 is 14.0 Å². The van der Waals surface area contributed by atoms with E-state index in [2.05, 4.69) is 5.32 Å². The monoisotopic (exact) mass is 520 g/mol. The molecule has 1 aliphatic rings. The van der Waals surface area contributed by atoms with Gasteiger partial charge in [0.2, 0.25) is 11.8 Å². The van der Waals surface area contributed by atoms with Gasteiger partial charge in [0, 0.05) is 29.6 Å². The molecule has 0 spiro atoms. The minimum atomic E-state index is -0.747. The van der Waals surface area contributed by atoms with Crippen LogP contribution in [0.5, 0.6) is 0 Å². The first-order chi connectivity index (χ1) is 17.9. The van der Waals surface area contributed by atoms with E-state index in [9.17, 15) is 14.0 Å². The number of carbonyl (C=O) groups excluding carboxylic acids is 2. The second-order valence-corrected chi connectivity index (χ2v) is 10.3. The fourth-order valence-electron chi connectivity index (χ4n) is 5.06. The van der Waals surface area contributed by atoms with Gasteiger partial charge in [-0.2, -0.15) is 0 Å². The third-order valence-electron chi connectivity index (χ3n) is 7.05. The van der Waals surface area contributed by atoms with Crippen molar-refractivity contribution in [2.75, 3.05) is 0 Å². The first-order valence-corrected chi connectivity index (χ1v) is 13.4. The van der Waals surface area contributed by atoms with E-state index in [0.717, 1.165) is 42.4 Å². The predicted octanol–water partition coefficient (Wildman–Crippen LogP) is 6.42. The molecular weight excluding hydrogens is 487 g/mol. The van der Waals surface area contributed by atoms with Crippen molar-refractivity contribution in [1.82, 2.24) is 10.2 Å². The van der Waals surface area contributed by atoms with Gasteiger partial charge in [0.15, 0.2) is 0 Å². The van der Waals surface area contributed by atoms with Crippen molar-refractivity contribution in [2.45, 2.75) is 70.5 Å². The van der Waals surface area contributed by atoms with Gasteiger partial charge in [0.05, 0.1) is 6.42 Å². The largest absolute Gasteiger partial charge is 0.352 e. The van der Waals surface area contributed by atoms with Crippen molar-refractivity contribution >= 4 is 23.4 Å². The molecule has 0 unspecified atom stereocenters. The van der Waals surface area contributed by atoms with Crippen LogP contribution >= 0.6 is 11.6 Å². The van der Waals surface area contributed by atoms with Crippen LogP contribution in [0.3, 0.4) is 0 Å². The normalized spacial score (nSPS) is 14.7. The van der Waals surface area contributed by atoms with Crippen LogP contribution in [-0.2, 0) is 29.0 Å². The maximum Gasteiger partial charge on any atom is 0.243 e. The smallest absolute Gasteiger partial charge is 0.243 e. The highest BCUT2D eigenvalue weighted by Crippen LogP contribution is 2.23. The second kappa shape index (κ2) is 12.9. The molecule has 6 heteroatoms. The van der Waals surface area contributed by atoms with Crippen LogP contribution < -0.4 is 5.32 Å². The minimum absolute atomic E-state index is 0.108. The topological polar surface area (TPSA) is 49.4 Å². The molecule has 0 bridgehead atoms. The van der Waals surface area contributed by atoms with Crippen molar-refractivity contribution in [2.24, 2.45) is 0 Å². The fraction of sp³-hybridized carbons (Fsp3) is 0.355. The molecule has 1 fully saturated rings. The molecule has 0 heterocycles. The summed E-state index contributed by atoms with van der Waals surface area (Å²) in [5, 5.41) is 3.43. The zero-order valence-corrected chi connectivity index (χ0v) is 22.0. The maximum atomic E-state index is 14.6. The molecule has 0 aliphatic heterocycles. The number of nitrogens with one attached hydrogen (secondary N) is 1. The Bertz CT molecular complexity index is 1190. The minimum Gasteiger partial charge on any atom is -0.352 e. The highest BCUT2D eigenvalue weighted by Gasteiger charge is 2.32. The second-order valence-electron chi connectivity index (χ2n) is 9.94. The number of halogens is 2. The van der Waals surface area contributed by atoms with Gasteiger partial charge >= 0.3 is 0 Å². The first kappa shape index (κ1) is 26.9. The van der Waals surface area contributed by atoms with Gasteiger partial charge in [-0.15, -0.1) is 0 Å². The van der Waals surface area contributed by atoms with Crippen LogP contribution in [0.15, 0.2) is 72.8 Å². The van der Waals surface area contributed by atoms with Gasteiger partial charge in [-0.25, -0.2) is 4.39 Å². The number of hydrogen-bond acceptors (Lipinski definition) is 2. The molecular formula is C31H34ClFN2O2. The summed E-state index contributed by atoms with van der Waals surface area (Å²) in [6.45, 7) is 2.23. The molecule has 4 rings (SSSR count). The summed E-state index contributed by atoms with van der Waals surface area (Å²) < 4.78 is 14.6. The number of benzene rings is 3. The van der Waals surface area contributed by atoms with E-state index < -0.39 is 11.9 Å². The molecule has 37 heavy (non-hydrogen) atoms. The number of nitrogens with zero attached hydrogens (tertiary/aromatic N) is 1. The Kier molecular flexibility index (Phi) is 9.34. The standard InChI is InChI=1S/C31H34ClFN2O2/c1-22-10-8-13-24(18-22)21-35(30(36)20-26-27(32)16-9-17-28(26)33)29(19-23-11-4-2-5-12-23)31(37)34-25-14-6-3-7-15-25/h2,4-5,8-13,16-18,25,29H,3,6-7,14-15,19-21H2,1H3,(H,34,37)/t29-/m1/s1. The Morgan fingerprint density at radius 1 is 0.973 bits per heavy atom. The van der Waals surface area contributed by atoms with Crippen molar-refractivity contribution in [3.05, 3.63) is 106 Å². The highest BCUT2D eigenvalue weighted by molar-refractivity contribution is 6.31. The van der Waals surface area contributed by atoms with E-state index in [1.54, 1.807) is 11.0 Å². The molecule has 0 aromatic heterocycles. The van der Waals surface area contributed by atoms with E-state index in [1.165, 1.54) is 18.6 Å². The number of carbonyl (C=O) groups is 2. The van der Waals surface area contributed by atoms with Crippen LogP contribution in [0.1, 0.15) is 54.4 Å². The zero-order chi connectivity index (χ0) is 26.2. The number of aryl methyl sites for hydroxylation is 1. The van der Waals surface area contributed by atoms with E-state index >= 15 is 0 Å². The molecule has 0 radical (unpaired) electrons. The van der Waals surface area contributed by atoms with Crippen LogP contribution in [0, 0.1) is 12.7 Å². The third kappa shape index (κ3) is 7.42. The Morgan fingerprint density at radius 3 is 2.38 bits per heavy atom. The van der Waals surface area contributed by atoms with E-state index in [0.29, 0.717) is 6.42 Å². The molecule has 1 N–H and O–H groups in total. The zero-order valence-electron chi connectivity index (χ0n) is 21.3. The Balaban J connectivity index is 1.68. The molecule has 3 aromatic rings. The Hall–Kier alpha value is -3.18. The lowest BCUT2D eigenvalue weighted by Crippen LogP contribution is -2.53. The summed E-state index contributed by atoms with van der Waals surface area (Å²) in [6, 6.07) is 21.4. The first-order valence-electron chi connectivity index (χ1n) is 13.0. The van der Waals surface area contributed by atoms with Gasteiger partial charge < -0.3 is 10.2 Å². The SMILES string of the molecule is Cc1cccc(CN(C(=O)Cc2c(F)cccc2Cl)[C@H](Cc2ccccc2)C(=O)NC2CCCCC2)c1. The van der Waals surface area contributed by atoms with Crippen LogP contribution in [0.25, 0.3) is 0 Å². The Labute approximate surface area is 223 Å². The molecule has 1 saturated carbocycles. The molecule has 194 valence electrons. The number of amides is 2. The van der Waals surface area contributed by atoms with Crippen LogP contribution in [0.2, 0.25) is 5.02 Å². The van der Waals surface area contributed by atoms with Gasteiger partial charge in [0.1, 0.15) is 11.9 Å². The van der Waals surface area contributed by atoms with Crippen molar-refractivity contribution in [1.29, 1.82) is 0 Å². The quantitative estimate of drug-likeness (QED) is 0.354. The van der Waals surface area contributed by atoms with Gasteiger partial charge in [-0.1, -0.05) is 97.1 Å². The molecule has 1 aliphatic carbocycles. The van der Waals surface area contributed by atoms with Gasteiger partial charge in [-0.3, -0.25) is 9.59 Å². The summed E-state index contributed by atoms with van der Waals surface area (Å²) in [5.41, 5.74) is 3.08. The molecule has 0 saturated heterocycles. The highest BCUT2D eigenvalue weighted by atomic mass is 35.5. The molecule has 3 aromatic carbocycles. The lowest BCUT2D eigenvalue weighted by molar-refractivity contribution is -0.141. The molecule has 2 amide bonds. The van der Waals surface area contributed by atoms with E-state index in [4.69, 9.17) is 11.6 Å². The van der Waals surface area contributed by atoms with Crippen LogP contribution in [-0.4, -0.2) is 28.8 Å². The lowest BCUT2D eigenvalue weighted by Gasteiger charge is -2.33. The lowest BCUT2D eigenvalue weighted by atomic mass is 9.94. The Morgan fingerprint density at radius 2 is 1.68 bits per heavy atom. The summed E-state index contributed by atoms with van der Waals surface area (Å²) in [4.78, 5) is 29.3. The van der Waals surface area contributed by atoms with Crippen molar-refractivity contribution in [3.8, 4) is 0 Å². The number of hydrogen-bond donors (Lipinski definition) is 1. The summed E-state index contributed by atoms with van der Waals surface area (Å²) in [7, 11) is 0. The summed E-state index contributed by atoms with van der Waals surface area (Å²) in [5.74, 6) is -1.03. The average molecular weight is 521 g/mol. The molecule has 1 atom stereocenters. The maximum absolute atomic E-state index is 14.6. The molecule has 4 nitrogen and oxygen atoms in total. The fourth-order valence-corrected chi connectivity index (χ4v) is 5.29. The third-order valence-corrected chi connectivity index (χ3v) is 7.40. The van der Waals surface area contributed by atoms with E-state index in [1.807, 2.05) is 61.5 Å².